The minimum atomic E-state index is -4.19. The maximum atomic E-state index is 12.8. The van der Waals surface area contributed by atoms with Gasteiger partial charge in [-0.25, -0.2) is 17.6 Å². The molecule has 88 valence electrons. The number of carboxylic acids is 1. The number of hydrogen-bond acceptors (Lipinski definition) is 4. The first-order chi connectivity index (χ1) is 7.30. The molecule has 0 aliphatic heterocycles. The lowest BCUT2D eigenvalue weighted by atomic mass is 10.3. The molecule has 1 aromatic rings. The number of ether oxygens (including phenoxy) is 1. The molecule has 5 nitrogen and oxygen atoms in total. The van der Waals surface area contributed by atoms with Crippen molar-refractivity contribution >= 4 is 25.7 Å². The second-order valence-electron chi connectivity index (χ2n) is 2.71. The summed E-state index contributed by atoms with van der Waals surface area (Å²) < 4.78 is 39.5. The summed E-state index contributed by atoms with van der Waals surface area (Å²) in [6.45, 7) is -0.745. The van der Waals surface area contributed by atoms with E-state index >= 15 is 0 Å². The van der Waals surface area contributed by atoms with Crippen LogP contribution in [0, 0.1) is 5.82 Å². The van der Waals surface area contributed by atoms with E-state index in [4.69, 9.17) is 15.8 Å². The lowest BCUT2D eigenvalue weighted by Gasteiger charge is -2.07. The fraction of sp³-hybridized carbons (Fsp3) is 0.125. The van der Waals surface area contributed by atoms with Crippen LogP contribution in [0.5, 0.6) is 5.75 Å². The van der Waals surface area contributed by atoms with Crippen molar-refractivity contribution in [1.29, 1.82) is 0 Å². The van der Waals surface area contributed by atoms with Crippen molar-refractivity contribution in [3.05, 3.63) is 24.0 Å². The molecular formula is C8H6ClFO5S. The minimum absolute atomic E-state index is 0.307. The Morgan fingerprint density at radius 2 is 2.12 bits per heavy atom. The van der Waals surface area contributed by atoms with Crippen molar-refractivity contribution in [2.75, 3.05) is 6.61 Å². The van der Waals surface area contributed by atoms with E-state index in [2.05, 4.69) is 4.74 Å². The molecule has 1 N–H and O–H groups in total. The van der Waals surface area contributed by atoms with Gasteiger partial charge < -0.3 is 9.84 Å². The topological polar surface area (TPSA) is 80.7 Å². The molecule has 16 heavy (non-hydrogen) atoms. The number of halogens is 2. The first kappa shape index (κ1) is 12.7. The molecule has 0 spiro atoms. The van der Waals surface area contributed by atoms with E-state index in [1.807, 2.05) is 0 Å². The zero-order chi connectivity index (χ0) is 12.3. The molecule has 0 radical (unpaired) electrons. The Hall–Kier alpha value is -1.34. The average Bonchev–Trinajstić information content (AvgIpc) is 2.14. The fourth-order valence-electron chi connectivity index (χ4n) is 0.931. The number of rotatable bonds is 4. The van der Waals surface area contributed by atoms with Crippen LogP contribution in [-0.2, 0) is 13.8 Å². The Bertz CT molecular complexity index is 513. The third-order valence-electron chi connectivity index (χ3n) is 1.52. The van der Waals surface area contributed by atoms with Crippen LogP contribution >= 0.6 is 10.7 Å². The van der Waals surface area contributed by atoms with Crippen molar-refractivity contribution in [2.45, 2.75) is 4.90 Å². The summed E-state index contributed by atoms with van der Waals surface area (Å²) in [4.78, 5) is 9.62. The van der Waals surface area contributed by atoms with Gasteiger partial charge in [-0.05, 0) is 18.2 Å². The SMILES string of the molecule is O=C(O)COc1ccc(F)cc1S(=O)(=O)Cl. The number of benzene rings is 1. The van der Waals surface area contributed by atoms with Gasteiger partial charge in [0, 0.05) is 10.7 Å². The Morgan fingerprint density at radius 1 is 1.50 bits per heavy atom. The highest BCUT2D eigenvalue weighted by Gasteiger charge is 2.18. The Labute approximate surface area is 94.8 Å². The molecule has 0 heterocycles. The minimum Gasteiger partial charge on any atom is -0.480 e. The van der Waals surface area contributed by atoms with E-state index in [1.54, 1.807) is 0 Å². The lowest BCUT2D eigenvalue weighted by Crippen LogP contribution is -2.11. The molecule has 8 heteroatoms. The predicted molar refractivity (Wildman–Crippen MR) is 52.6 cm³/mol. The van der Waals surface area contributed by atoms with Crippen LogP contribution < -0.4 is 4.74 Å². The van der Waals surface area contributed by atoms with Crippen LogP contribution in [0.3, 0.4) is 0 Å². The molecule has 0 bridgehead atoms. The molecule has 0 fully saturated rings. The molecule has 0 amide bonds. The highest BCUT2D eigenvalue weighted by atomic mass is 35.7. The number of aliphatic carboxylic acids is 1. The van der Waals surface area contributed by atoms with Gasteiger partial charge in [0.1, 0.15) is 16.5 Å². The van der Waals surface area contributed by atoms with Crippen molar-refractivity contribution in [1.82, 2.24) is 0 Å². The van der Waals surface area contributed by atoms with Gasteiger partial charge in [-0.3, -0.25) is 0 Å². The molecule has 0 aromatic heterocycles. The van der Waals surface area contributed by atoms with Gasteiger partial charge in [-0.15, -0.1) is 0 Å². The zero-order valence-electron chi connectivity index (χ0n) is 7.68. The Morgan fingerprint density at radius 3 is 2.62 bits per heavy atom. The molecule has 0 aliphatic carbocycles. The van der Waals surface area contributed by atoms with Gasteiger partial charge in [0.25, 0.3) is 9.05 Å². The smallest absolute Gasteiger partial charge is 0.341 e. The summed E-state index contributed by atoms with van der Waals surface area (Å²) in [7, 11) is 0.840. The fourth-order valence-corrected chi connectivity index (χ4v) is 1.91. The molecule has 0 aliphatic rings. The van der Waals surface area contributed by atoms with Crippen LogP contribution in [0.25, 0.3) is 0 Å². The second kappa shape index (κ2) is 4.67. The normalized spacial score (nSPS) is 11.1. The summed E-state index contributed by atoms with van der Waals surface area (Å²) in [5.74, 6) is -2.41. The molecule has 0 saturated carbocycles. The number of hydrogen-bond donors (Lipinski definition) is 1. The van der Waals surface area contributed by atoms with E-state index < -0.39 is 32.3 Å². The predicted octanol–water partition coefficient (Wildman–Crippen LogP) is 1.22. The van der Waals surface area contributed by atoms with Crippen LogP contribution in [0.15, 0.2) is 23.1 Å². The van der Waals surface area contributed by atoms with Gasteiger partial charge in [-0.1, -0.05) is 0 Å². The third-order valence-corrected chi connectivity index (χ3v) is 2.86. The second-order valence-corrected chi connectivity index (χ2v) is 5.25. The monoisotopic (exact) mass is 268 g/mol. The van der Waals surface area contributed by atoms with Crippen molar-refractivity contribution in [3.8, 4) is 5.75 Å². The summed E-state index contributed by atoms with van der Waals surface area (Å²) in [5, 5.41) is 8.34. The summed E-state index contributed by atoms with van der Waals surface area (Å²) >= 11 is 0. The maximum absolute atomic E-state index is 12.8. The highest BCUT2D eigenvalue weighted by Crippen LogP contribution is 2.27. The van der Waals surface area contributed by atoms with Crippen molar-refractivity contribution < 1.29 is 27.4 Å². The molecule has 0 atom stereocenters. The zero-order valence-corrected chi connectivity index (χ0v) is 9.26. The third kappa shape index (κ3) is 3.35. The van der Waals surface area contributed by atoms with E-state index in [0.29, 0.717) is 6.07 Å². The summed E-state index contributed by atoms with van der Waals surface area (Å²) in [6.07, 6.45) is 0. The molecule has 1 rings (SSSR count). The van der Waals surface area contributed by atoms with Gasteiger partial charge >= 0.3 is 5.97 Å². The largest absolute Gasteiger partial charge is 0.480 e. The van der Waals surface area contributed by atoms with Gasteiger partial charge in [0.05, 0.1) is 0 Å². The van der Waals surface area contributed by atoms with E-state index in [1.165, 1.54) is 0 Å². The molecule has 0 unspecified atom stereocenters. The quantitative estimate of drug-likeness (QED) is 0.831. The van der Waals surface area contributed by atoms with Crippen LogP contribution in [0.4, 0.5) is 4.39 Å². The Balaban J connectivity index is 3.13. The maximum Gasteiger partial charge on any atom is 0.341 e. The average molecular weight is 269 g/mol. The standard InChI is InChI=1S/C8H6ClFO5S/c9-16(13,14)7-3-5(10)1-2-6(7)15-4-8(11)12/h1-3H,4H2,(H,11,12). The van der Waals surface area contributed by atoms with Crippen LogP contribution in [0.2, 0.25) is 0 Å². The van der Waals surface area contributed by atoms with Crippen LogP contribution in [-0.4, -0.2) is 26.1 Å². The van der Waals surface area contributed by atoms with Gasteiger partial charge in [0.15, 0.2) is 6.61 Å². The first-order valence-electron chi connectivity index (χ1n) is 3.89. The highest BCUT2D eigenvalue weighted by molar-refractivity contribution is 8.13. The lowest BCUT2D eigenvalue weighted by molar-refractivity contribution is -0.139. The van der Waals surface area contributed by atoms with Gasteiger partial charge in [0.2, 0.25) is 0 Å². The summed E-state index contributed by atoms with van der Waals surface area (Å²) in [5.41, 5.74) is 0. The van der Waals surface area contributed by atoms with Crippen molar-refractivity contribution in [2.24, 2.45) is 0 Å². The summed E-state index contributed by atoms with van der Waals surface area (Å²) in [6, 6.07) is 2.58. The van der Waals surface area contributed by atoms with Gasteiger partial charge in [-0.2, -0.15) is 0 Å². The van der Waals surface area contributed by atoms with E-state index in [-0.39, 0.29) is 5.75 Å². The Kier molecular flexibility index (Phi) is 3.71. The molecule has 0 saturated heterocycles. The van der Waals surface area contributed by atoms with E-state index in [9.17, 15) is 17.6 Å². The molecule has 1 aromatic carbocycles. The van der Waals surface area contributed by atoms with E-state index in [0.717, 1.165) is 12.1 Å². The van der Waals surface area contributed by atoms with Crippen molar-refractivity contribution in [3.63, 3.8) is 0 Å². The number of carbonyl (C=O) groups is 1. The van der Waals surface area contributed by atoms with Crippen LogP contribution in [0.1, 0.15) is 0 Å². The number of carboxylic acid groups (broad SMARTS) is 1. The molecular weight excluding hydrogens is 263 g/mol. The first-order valence-corrected chi connectivity index (χ1v) is 6.20.